The third kappa shape index (κ3) is 3.46. The third-order valence-corrected chi connectivity index (χ3v) is 3.25. The molecule has 0 saturated carbocycles. The van der Waals surface area contributed by atoms with Crippen LogP contribution in [0, 0.1) is 6.92 Å². The van der Waals surface area contributed by atoms with Crippen molar-refractivity contribution in [3.8, 4) is 0 Å². The summed E-state index contributed by atoms with van der Waals surface area (Å²) in [5, 5.41) is 4.00. The summed E-state index contributed by atoms with van der Waals surface area (Å²) in [6, 6.07) is 6.22. The van der Waals surface area contributed by atoms with Crippen molar-refractivity contribution < 1.29 is 9.31 Å². The minimum atomic E-state index is -0.293. The predicted molar refractivity (Wildman–Crippen MR) is 69.9 cm³/mol. The van der Waals surface area contributed by atoms with Crippen LogP contribution in [0.15, 0.2) is 18.2 Å². The van der Waals surface area contributed by atoms with E-state index in [0.29, 0.717) is 12.6 Å². The van der Waals surface area contributed by atoms with E-state index in [-0.39, 0.29) is 7.25 Å². The van der Waals surface area contributed by atoms with Gasteiger partial charge >= 0.3 is 7.25 Å². The van der Waals surface area contributed by atoms with Crippen molar-refractivity contribution in [3.05, 3.63) is 34.3 Å². The molecule has 17 heavy (non-hydrogen) atoms. The Bertz CT molecular complexity index is 389. The SMILES string of the molecule is CCC1COB(OCc2cc(Cl)ccc2C)N1. The van der Waals surface area contributed by atoms with Gasteiger partial charge in [0, 0.05) is 17.7 Å². The quantitative estimate of drug-likeness (QED) is 0.837. The fourth-order valence-electron chi connectivity index (χ4n) is 1.79. The summed E-state index contributed by atoms with van der Waals surface area (Å²) >= 11 is 5.96. The molecule has 0 amide bonds. The monoisotopic (exact) mass is 253 g/mol. The zero-order valence-electron chi connectivity index (χ0n) is 10.2. The highest BCUT2D eigenvalue weighted by atomic mass is 35.5. The number of rotatable bonds is 4. The van der Waals surface area contributed by atoms with E-state index >= 15 is 0 Å². The van der Waals surface area contributed by atoms with Crippen LogP contribution in [0.5, 0.6) is 0 Å². The normalized spacial score (nSPS) is 19.9. The van der Waals surface area contributed by atoms with Crippen LogP contribution in [0.25, 0.3) is 0 Å². The first-order chi connectivity index (χ1) is 8.19. The van der Waals surface area contributed by atoms with Crippen LogP contribution in [0.2, 0.25) is 5.02 Å². The Morgan fingerprint density at radius 3 is 3.12 bits per heavy atom. The molecular weight excluding hydrogens is 236 g/mol. The Morgan fingerprint density at radius 1 is 1.59 bits per heavy atom. The standard InChI is InChI=1S/C12H17BClNO2/c1-3-12-8-17-13(15-12)16-7-10-6-11(14)5-4-9(10)2/h4-6,12,15H,3,7-8H2,1-2H3. The maximum absolute atomic E-state index is 5.96. The highest BCUT2D eigenvalue weighted by Crippen LogP contribution is 2.17. The van der Waals surface area contributed by atoms with Crippen molar-refractivity contribution in [2.24, 2.45) is 0 Å². The topological polar surface area (TPSA) is 30.5 Å². The molecule has 0 aromatic heterocycles. The fourth-order valence-corrected chi connectivity index (χ4v) is 1.98. The minimum Gasteiger partial charge on any atom is -0.396 e. The number of halogens is 1. The zero-order chi connectivity index (χ0) is 12.3. The van der Waals surface area contributed by atoms with E-state index in [1.807, 2.05) is 25.1 Å². The van der Waals surface area contributed by atoms with Crippen LogP contribution in [0.3, 0.4) is 0 Å². The van der Waals surface area contributed by atoms with Gasteiger partial charge in [-0.25, -0.2) is 0 Å². The van der Waals surface area contributed by atoms with Crippen molar-refractivity contribution in [2.45, 2.75) is 32.9 Å². The molecule has 0 aliphatic carbocycles. The van der Waals surface area contributed by atoms with E-state index in [9.17, 15) is 0 Å². The molecule has 0 radical (unpaired) electrons. The Balaban J connectivity index is 1.88. The molecule has 3 nitrogen and oxygen atoms in total. The average Bonchev–Trinajstić information content (AvgIpc) is 2.78. The summed E-state index contributed by atoms with van der Waals surface area (Å²) in [5.74, 6) is 0. The number of nitrogens with one attached hydrogen (secondary N) is 1. The predicted octanol–water partition coefficient (Wildman–Crippen LogP) is 2.55. The Hall–Kier alpha value is -0.545. The van der Waals surface area contributed by atoms with E-state index in [0.717, 1.165) is 23.6 Å². The minimum absolute atomic E-state index is 0.293. The second kappa shape index (κ2) is 5.87. The molecule has 1 aliphatic rings. The van der Waals surface area contributed by atoms with Gasteiger partial charge in [-0.2, -0.15) is 0 Å². The van der Waals surface area contributed by atoms with E-state index in [4.69, 9.17) is 20.9 Å². The zero-order valence-corrected chi connectivity index (χ0v) is 11.0. The summed E-state index contributed by atoms with van der Waals surface area (Å²) < 4.78 is 11.1. The second-order valence-corrected chi connectivity index (χ2v) is 4.76. The van der Waals surface area contributed by atoms with Crippen molar-refractivity contribution in [1.29, 1.82) is 0 Å². The van der Waals surface area contributed by atoms with Gasteiger partial charge in [-0.05, 0) is 36.6 Å². The molecule has 0 spiro atoms. The van der Waals surface area contributed by atoms with Gasteiger partial charge in [-0.15, -0.1) is 0 Å². The smallest absolute Gasteiger partial charge is 0.396 e. The molecule has 1 aromatic carbocycles. The molecule has 1 aliphatic heterocycles. The Morgan fingerprint density at radius 2 is 2.41 bits per heavy atom. The molecular formula is C12H17BClNO2. The first kappa shape index (κ1) is 12.9. The summed E-state index contributed by atoms with van der Waals surface area (Å²) in [5.41, 5.74) is 2.28. The van der Waals surface area contributed by atoms with Crippen LogP contribution in [-0.4, -0.2) is 19.9 Å². The van der Waals surface area contributed by atoms with E-state index < -0.39 is 0 Å². The van der Waals surface area contributed by atoms with Gasteiger partial charge < -0.3 is 9.31 Å². The van der Waals surface area contributed by atoms with Gasteiger partial charge in [0.05, 0.1) is 6.61 Å². The molecule has 92 valence electrons. The van der Waals surface area contributed by atoms with Gasteiger partial charge in [0.25, 0.3) is 0 Å². The molecule has 1 saturated heterocycles. The summed E-state index contributed by atoms with van der Waals surface area (Å²) in [6.07, 6.45) is 1.05. The van der Waals surface area contributed by atoms with Crippen molar-refractivity contribution >= 4 is 18.9 Å². The Labute approximate surface area is 108 Å². The van der Waals surface area contributed by atoms with Crippen molar-refractivity contribution in [2.75, 3.05) is 6.61 Å². The molecule has 2 rings (SSSR count). The molecule has 1 fully saturated rings. The highest BCUT2D eigenvalue weighted by Gasteiger charge is 2.30. The van der Waals surface area contributed by atoms with Gasteiger partial charge in [-0.1, -0.05) is 24.6 Å². The first-order valence-electron chi connectivity index (χ1n) is 5.93. The van der Waals surface area contributed by atoms with Gasteiger partial charge in [-0.3, -0.25) is 5.23 Å². The lowest BCUT2D eigenvalue weighted by Gasteiger charge is -2.10. The third-order valence-electron chi connectivity index (χ3n) is 3.01. The summed E-state index contributed by atoms with van der Waals surface area (Å²) in [7, 11) is -0.293. The van der Waals surface area contributed by atoms with Crippen molar-refractivity contribution in [3.63, 3.8) is 0 Å². The maximum Gasteiger partial charge on any atom is 0.555 e. The molecule has 1 unspecified atom stereocenters. The number of aryl methyl sites for hydroxylation is 1. The van der Waals surface area contributed by atoms with Crippen LogP contribution in [0.4, 0.5) is 0 Å². The number of hydrogen-bond acceptors (Lipinski definition) is 3. The molecule has 1 aromatic rings. The van der Waals surface area contributed by atoms with Crippen molar-refractivity contribution in [1.82, 2.24) is 5.23 Å². The van der Waals surface area contributed by atoms with Crippen LogP contribution < -0.4 is 5.23 Å². The molecule has 1 heterocycles. The first-order valence-corrected chi connectivity index (χ1v) is 6.31. The van der Waals surface area contributed by atoms with E-state index in [2.05, 4.69) is 12.2 Å². The fraction of sp³-hybridized carbons (Fsp3) is 0.500. The van der Waals surface area contributed by atoms with Gasteiger partial charge in [0.15, 0.2) is 0 Å². The molecule has 1 N–H and O–H groups in total. The van der Waals surface area contributed by atoms with E-state index in [1.165, 1.54) is 5.56 Å². The van der Waals surface area contributed by atoms with Crippen LogP contribution in [0.1, 0.15) is 24.5 Å². The van der Waals surface area contributed by atoms with Crippen LogP contribution in [-0.2, 0) is 15.9 Å². The van der Waals surface area contributed by atoms with E-state index in [1.54, 1.807) is 0 Å². The largest absolute Gasteiger partial charge is 0.555 e. The molecule has 1 atom stereocenters. The van der Waals surface area contributed by atoms with Crippen LogP contribution >= 0.6 is 11.6 Å². The van der Waals surface area contributed by atoms with Gasteiger partial charge in [0.2, 0.25) is 0 Å². The summed E-state index contributed by atoms with van der Waals surface area (Å²) in [6.45, 7) is 5.41. The number of hydrogen-bond donors (Lipinski definition) is 1. The lowest BCUT2D eigenvalue weighted by molar-refractivity contribution is 0.212. The molecule has 0 bridgehead atoms. The Kier molecular flexibility index (Phi) is 4.45. The highest BCUT2D eigenvalue weighted by molar-refractivity contribution is 6.42. The second-order valence-electron chi connectivity index (χ2n) is 4.32. The number of benzene rings is 1. The lowest BCUT2D eigenvalue weighted by Crippen LogP contribution is -2.36. The maximum atomic E-state index is 5.96. The summed E-state index contributed by atoms with van der Waals surface area (Å²) in [4.78, 5) is 0. The van der Waals surface area contributed by atoms with Gasteiger partial charge in [0.1, 0.15) is 0 Å². The average molecular weight is 254 g/mol. The molecule has 5 heteroatoms. The lowest BCUT2D eigenvalue weighted by atomic mass is 10.1.